The van der Waals surface area contributed by atoms with E-state index in [-0.39, 0.29) is 16.8 Å². The highest BCUT2D eigenvalue weighted by Gasteiger charge is 2.34. The number of fused-ring (bicyclic) bond motifs is 1. The number of carbonyl (C=O) groups is 1. The molecule has 29 heavy (non-hydrogen) atoms. The minimum atomic E-state index is -1.04. The maximum atomic E-state index is 13.0. The van der Waals surface area contributed by atoms with Crippen LogP contribution in [-0.2, 0) is 0 Å². The van der Waals surface area contributed by atoms with E-state index < -0.39 is 10.5 Å². The van der Waals surface area contributed by atoms with E-state index in [0.29, 0.717) is 33.2 Å². The zero-order chi connectivity index (χ0) is 20.7. The minimum Gasteiger partial charge on any atom is -0.595 e. The van der Waals surface area contributed by atoms with Gasteiger partial charge in [0.25, 0.3) is 5.91 Å². The maximum Gasteiger partial charge on any atom is 0.280 e. The Labute approximate surface area is 175 Å². The number of nitrogens with zero attached hydrogens (tertiary/aromatic N) is 3. The summed E-state index contributed by atoms with van der Waals surface area (Å²) in [5.74, 6) is -0.0661. The predicted molar refractivity (Wildman–Crippen MR) is 111 cm³/mol. The number of hydrogen-bond donors (Lipinski definition) is 3. The van der Waals surface area contributed by atoms with Gasteiger partial charge in [0.1, 0.15) is 0 Å². The van der Waals surface area contributed by atoms with E-state index in [2.05, 4.69) is 10.1 Å². The zero-order valence-electron chi connectivity index (χ0n) is 15.2. The van der Waals surface area contributed by atoms with Gasteiger partial charge in [0.2, 0.25) is 0 Å². The van der Waals surface area contributed by atoms with Crippen molar-refractivity contribution in [2.75, 3.05) is 0 Å². The summed E-state index contributed by atoms with van der Waals surface area (Å²) in [5.41, 5.74) is 8.42. The van der Waals surface area contributed by atoms with Crippen molar-refractivity contribution < 1.29 is 15.2 Å². The third-order valence-corrected chi connectivity index (χ3v) is 5.87. The van der Waals surface area contributed by atoms with Crippen LogP contribution in [0.1, 0.15) is 32.4 Å². The largest absolute Gasteiger partial charge is 0.595 e. The number of benzene rings is 2. The lowest BCUT2D eigenvalue weighted by Gasteiger charge is -2.24. The molecule has 10 heteroatoms. The van der Waals surface area contributed by atoms with Crippen molar-refractivity contribution in [3.8, 4) is 0 Å². The lowest BCUT2D eigenvalue weighted by atomic mass is 10.0. The van der Waals surface area contributed by atoms with Crippen molar-refractivity contribution in [2.24, 2.45) is 10.7 Å². The normalized spacial score (nSPS) is 16.8. The topological polar surface area (TPSA) is 121 Å². The number of halogens is 1. The molecule has 1 aromatic heterocycles. The fourth-order valence-corrected chi connectivity index (χ4v) is 4.48. The van der Waals surface area contributed by atoms with Gasteiger partial charge in [0, 0.05) is 27.8 Å². The molecular weight excluding hydrogens is 414 g/mol. The molecule has 4 N–H and O–H groups in total. The molecule has 2 unspecified atom stereocenters. The third kappa shape index (κ3) is 3.54. The molecule has 1 aliphatic rings. The Balaban J connectivity index is 1.85. The number of rotatable bonds is 3. The number of aryl methyl sites for hydroxylation is 1. The molecule has 0 saturated carbocycles. The molecule has 0 fully saturated rings. The average Bonchev–Trinajstić information content (AvgIpc) is 3.03. The lowest BCUT2D eigenvalue weighted by Crippen LogP contribution is -2.99. The number of nitrogens with one attached hydrogen (secondary N) is 1. The van der Waals surface area contributed by atoms with Crippen LogP contribution >= 0.6 is 23.4 Å². The van der Waals surface area contributed by atoms with Gasteiger partial charge < -0.3 is 10.9 Å². The molecule has 0 bridgehead atoms. The number of aromatic nitrogens is 2. The van der Waals surface area contributed by atoms with Crippen LogP contribution in [0, 0.1) is 12.1 Å². The molecule has 0 spiro atoms. The molecule has 148 valence electrons. The number of quaternary nitrogens is 1. The summed E-state index contributed by atoms with van der Waals surface area (Å²) >= 11 is 7.14. The zero-order valence-corrected chi connectivity index (χ0v) is 16.7. The predicted octanol–water partition coefficient (Wildman–Crippen LogP) is 2.72. The van der Waals surface area contributed by atoms with Crippen molar-refractivity contribution in [2.45, 2.75) is 12.2 Å². The van der Waals surface area contributed by atoms with Crippen molar-refractivity contribution in [3.05, 3.63) is 81.1 Å². The van der Waals surface area contributed by atoms with Crippen LogP contribution in [0.15, 0.2) is 53.5 Å². The first kappa shape index (κ1) is 19.6. The van der Waals surface area contributed by atoms with Gasteiger partial charge in [0.05, 0.1) is 10.9 Å². The van der Waals surface area contributed by atoms with Crippen LogP contribution in [-0.4, -0.2) is 26.1 Å². The van der Waals surface area contributed by atoms with Gasteiger partial charge in [-0.2, -0.15) is 15.0 Å². The molecule has 0 amide bonds. The van der Waals surface area contributed by atoms with Crippen LogP contribution in [0.4, 0.5) is 11.5 Å². The fraction of sp³-hybridized carbons (Fsp3) is 0.105. The SMILES string of the molecule is Cc1nn(C(=O)c2ccc(Cl)cc2)c2c1C(c1ccccc1[NH+]([O-])O)SC(N)=N2. The summed E-state index contributed by atoms with van der Waals surface area (Å²) < 4.78 is 1.21. The first-order valence-corrected chi connectivity index (χ1v) is 9.85. The van der Waals surface area contributed by atoms with E-state index in [0.717, 1.165) is 0 Å². The van der Waals surface area contributed by atoms with E-state index in [4.69, 9.17) is 17.3 Å². The lowest BCUT2D eigenvalue weighted by molar-refractivity contribution is -0.991. The van der Waals surface area contributed by atoms with Gasteiger partial charge in [-0.1, -0.05) is 41.6 Å². The first-order chi connectivity index (χ1) is 13.9. The summed E-state index contributed by atoms with van der Waals surface area (Å²) in [6.07, 6.45) is 0. The Kier molecular flexibility index (Phi) is 5.15. The average molecular weight is 430 g/mol. The van der Waals surface area contributed by atoms with Crippen molar-refractivity contribution in [1.29, 1.82) is 0 Å². The van der Waals surface area contributed by atoms with E-state index >= 15 is 0 Å². The molecule has 3 aromatic rings. The molecule has 1 aliphatic heterocycles. The number of aliphatic imine (C=N–C) groups is 1. The monoisotopic (exact) mass is 429 g/mol. The number of para-hydroxylation sites is 1. The number of thioether (sulfide) groups is 1. The van der Waals surface area contributed by atoms with E-state index in [1.54, 1.807) is 55.5 Å². The van der Waals surface area contributed by atoms with Crippen LogP contribution in [0.25, 0.3) is 0 Å². The van der Waals surface area contributed by atoms with Gasteiger partial charge in [-0.25, -0.2) is 10.2 Å². The molecule has 2 aromatic carbocycles. The Morgan fingerprint density at radius 1 is 1.28 bits per heavy atom. The number of amidine groups is 1. The van der Waals surface area contributed by atoms with E-state index in [1.807, 2.05) is 0 Å². The molecule has 2 atom stereocenters. The number of hydrogen-bond acceptors (Lipinski definition) is 7. The molecule has 2 heterocycles. The smallest absolute Gasteiger partial charge is 0.280 e. The maximum absolute atomic E-state index is 13.0. The second kappa shape index (κ2) is 7.62. The second-order valence-electron chi connectivity index (χ2n) is 6.39. The fourth-order valence-electron chi connectivity index (χ4n) is 3.25. The highest BCUT2D eigenvalue weighted by atomic mass is 35.5. The van der Waals surface area contributed by atoms with Gasteiger partial charge in [-0.05, 0) is 31.2 Å². The molecule has 8 nitrogen and oxygen atoms in total. The highest BCUT2D eigenvalue weighted by molar-refractivity contribution is 8.14. The molecular formula is C19H16ClN5O3S. The van der Waals surface area contributed by atoms with E-state index in [9.17, 15) is 15.2 Å². The van der Waals surface area contributed by atoms with E-state index in [1.165, 1.54) is 16.4 Å². The summed E-state index contributed by atoms with van der Waals surface area (Å²) in [6, 6.07) is 13.2. The van der Waals surface area contributed by atoms with Gasteiger partial charge in [-0.15, -0.1) is 0 Å². The Hall–Kier alpha value is -2.69. The molecule has 0 saturated heterocycles. The standard InChI is InChI=1S/C19H16ClN5O3S/c1-10-15-16(13-4-2-3-5-14(13)25(27)28)29-19(21)22-17(15)24(23-10)18(26)11-6-8-12(20)9-7-11/h2-9,16,25,27H,1H3,(H2,21,22). The Morgan fingerprint density at radius 2 is 1.97 bits per heavy atom. The first-order valence-electron chi connectivity index (χ1n) is 8.59. The Bertz CT molecular complexity index is 1130. The Morgan fingerprint density at radius 3 is 2.66 bits per heavy atom. The summed E-state index contributed by atoms with van der Waals surface area (Å²) in [4.78, 5) is 17.4. The van der Waals surface area contributed by atoms with Crippen molar-refractivity contribution in [1.82, 2.24) is 9.78 Å². The number of nitrogens with two attached hydrogens (primary N) is 1. The van der Waals surface area contributed by atoms with Crippen LogP contribution in [0.5, 0.6) is 0 Å². The molecule has 0 aliphatic carbocycles. The summed E-state index contributed by atoms with van der Waals surface area (Å²) in [6.45, 7) is 1.76. The van der Waals surface area contributed by atoms with Crippen molar-refractivity contribution in [3.63, 3.8) is 0 Å². The minimum absolute atomic E-state index is 0.168. The quantitative estimate of drug-likeness (QED) is 0.550. The van der Waals surface area contributed by atoms with Crippen LogP contribution in [0.2, 0.25) is 5.02 Å². The third-order valence-electron chi connectivity index (χ3n) is 4.56. The highest BCUT2D eigenvalue weighted by Crippen LogP contribution is 2.47. The van der Waals surface area contributed by atoms with Gasteiger partial charge in [-0.3, -0.25) is 4.79 Å². The molecule has 4 rings (SSSR count). The summed E-state index contributed by atoms with van der Waals surface area (Å²) in [7, 11) is 0. The summed E-state index contributed by atoms with van der Waals surface area (Å²) in [5, 5.41) is 25.0. The van der Waals surface area contributed by atoms with Crippen LogP contribution in [0.3, 0.4) is 0 Å². The van der Waals surface area contributed by atoms with Gasteiger partial charge >= 0.3 is 0 Å². The second-order valence-corrected chi connectivity index (χ2v) is 7.95. The molecule has 0 radical (unpaired) electrons. The van der Waals surface area contributed by atoms with Gasteiger partial charge in [0.15, 0.2) is 16.7 Å². The number of carbonyl (C=O) groups excluding carboxylic acids is 1. The van der Waals surface area contributed by atoms with Crippen LogP contribution < -0.4 is 11.0 Å². The van der Waals surface area contributed by atoms with Crippen molar-refractivity contribution >= 4 is 45.9 Å².